The number of benzene rings is 4. The fourth-order valence-corrected chi connectivity index (χ4v) is 10.2. The van der Waals surface area contributed by atoms with E-state index < -0.39 is 6.04 Å². The second kappa shape index (κ2) is 16.1. The molecule has 0 aromatic heterocycles. The molecule has 9 rings (SSSR count). The molecule has 298 valence electrons. The number of nitrogens with zero attached hydrogens (tertiary/aromatic N) is 3. The van der Waals surface area contributed by atoms with Gasteiger partial charge in [0.15, 0.2) is 0 Å². The van der Waals surface area contributed by atoms with Crippen LogP contribution in [0.4, 0.5) is 21.5 Å². The van der Waals surface area contributed by atoms with Gasteiger partial charge in [0.25, 0.3) is 0 Å². The van der Waals surface area contributed by atoms with Crippen LogP contribution in [0, 0.1) is 11.7 Å². The van der Waals surface area contributed by atoms with Crippen LogP contribution in [0.1, 0.15) is 79.0 Å². The molecule has 1 aliphatic carbocycles. The van der Waals surface area contributed by atoms with Crippen molar-refractivity contribution in [1.82, 2.24) is 10.2 Å². The van der Waals surface area contributed by atoms with Crippen molar-refractivity contribution in [2.45, 2.75) is 74.8 Å². The van der Waals surface area contributed by atoms with Crippen LogP contribution in [-0.4, -0.2) is 85.9 Å². The first kappa shape index (κ1) is 37.6. The fourth-order valence-electron chi connectivity index (χ4n) is 10.2. The fraction of sp³-hybridized carbons (Fsp3) is 0.447. The van der Waals surface area contributed by atoms with E-state index in [0.717, 1.165) is 84.5 Å². The minimum Gasteiger partial charge on any atom is -0.508 e. The summed E-state index contributed by atoms with van der Waals surface area (Å²) in [6.07, 6.45) is 7.08. The molecule has 57 heavy (non-hydrogen) atoms. The highest BCUT2D eigenvalue weighted by atomic mass is 19.1. The summed E-state index contributed by atoms with van der Waals surface area (Å²) in [7, 11) is 0. The molecule has 4 fully saturated rings. The van der Waals surface area contributed by atoms with Gasteiger partial charge in [0, 0.05) is 69.5 Å². The van der Waals surface area contributed by atoms with Crippen molar-refractivity contribution in [3.05, 3.63) is 119 Å². The van der Waals surface area contributed by atoms with Gasteiger partial charge in [-0.1, -0.05) is 48.5 Å². The van der Waals surface area contributed by atoms with E-state index in [9.17, 15) is 14.7 Å². The molecule has 3 N–H and O–H groups in total. The molecule has 4 aromatic carbocycles. The number of amides is 2. The first-order chi connectivity index (χ1) is 27.8. The monoisotopic (exact) mass is 771 g/mol. The number of fused-ring (bicyclic) bond motifs is 1. The van der Waals surface area contributed by atoms with Crippen molar-refractivity contribution in [3.8, 4) is 5.75 Å². The highest BCUT2D eigenvalue weighted by molar-refractivity contribution is 6.01. The van der Waals surface area contributed by atoms with Gasteiger partial charge >= 0.3 is 0 Å². The average Bonchev–Trinajstić information content (AvgIpc) is 3.23. The lowest BCUT2D eigenvalue weighted by atomic mass is 9.69. The zero-order valence-corrected chi connectivity index (χ0v) is 32.7. The molecule has 1 spiro atoms. The van der Waals surface area contributed by atoms with Crippen molar-refractivity contribution in [1.29, 1.82) is 0 Å². The van der Waals surface area contributed by atoms with Crippen molar-refractivity contribution in [2.24, 2.45) is 5.92 Å². The number of aryl methyl sites for hydroxylation is 1. The number of carbonyl (C=O) groups is 2. The second-order valence-corrected chi connectivity index (χ2v) is 17.0. The second-order valence-electron chi connectivity index (χ2n) is 17.0. The van der Waals surface area contributed by atoms with Crippen molar-refractivity contribution in [3.63, 3.8) is 0 Å². The Morgan fingerprint density at radius 2 is 1.58 bits per heavy atom. The third-order valence-electron chi connectivity index (χ3n) is 13.5. The molecule has 9 nitrogen and oxygen atoms in total. The van der Waals surface area contributed by atoms with E-state index in [1.807, 2.05) is 18.2 Å². The Hall–Kier alpha value is -4.93. The molecule has 2 amide bonds. The number of hydrogen-bond donors (Lipinski definition) is 3. The van der Waals surface area contributed by atoms with Crippen molar-refractivity contribution in [2.75, 3.05) is 67.5 Å². The molecular weight excluding hydrogens is 718 g/mol. The first-order valence-corrected chi connectivity index (χ1v) is 21.0. The standard InChI is InChI=1S/C47H54FN5O4/c48-41-29-36(49-42-15-17-44(55)50-46(42)56)9-16-43(41)53-26-24-51(25-27-53)30-32-18-19-47(57-31-32)20-22-52(23-21-47)37-10-6-34(7-11-37)45-39(33-4-2-1-3-5-33)13-8-35-28-38(54)12-14-40(35)45/h1-7,9-12,14,16,28-29,32,39,42,45,49,54H,8,13,15,17-27,30-31H2,(H,50,55,56)/t32?,39-,42?,45+/m1/s1. The number of nitrogens with one attached hydrogen (secondary N) is 2. The third-order valence-corrected chi connectivity index (χ3v) is 13.5. The maximum atomic E-state index is 15.2. The Morgan fingerprint density at radius 3 is 2.30 bits per heavy atom. The molecular formula is C47H54FN5O4. The molecule has 2 unspecified atom stereocenters. The van der Waals surface area contributed by atoms with Gasteiger partial charge in [-0.25, -0.2) is 4.39 Å². The Bertz CT molecular complexity index is 2050. The lowest BCUT2D eigenvalue weighted by molar-refractivity contribution is -0.133. The quantitative estimate of drug-likeness (QED) is 0.162. The minimum atomic E-state index is -0.537. The van der Waals surface area contributed by atoms with Crippen LogP contribution in [-0.2, 0) is 20.7 Å². The van der Waals surface area contributed by atoms with Gasteiger partial charge in [0.1, 0.15) is 17.6 Å². The molecule has 4 atom stereocenters. The molecule has 10 heteroatoms. The van der Waals surface area contributed by atoms with Gasteiger partial charge in [0.2, 0.25) is 11.8 Å². The third kappa shape index (κ3) is 8.12. The first-order valence-electron chi connectivity index (χ1n) is 21.0. The van der Waals surface area contributed by atoms with Gasteiger partial charge in [-0.2, -0.15) is 0 Å². The van der Waals surface area contributed by atoms with E-state index in [-0.39, 0.29) is 35.6 Å². The van der Waals surface area contributed by atoms with Crippen LogP contribution < -0.4 is 20.4 Å². The summed E-state index contributed by atoms with van der Waals surface area (Å²) in [5, 5.41) is 15.6. The highest BCUT2D eigenvalue weighted by Gasteiger charge is 2.40. The maximum Gasteiger partial charge on any atom is 0.249 e. The van der Waals surface area contributed by atoms with Gasteiger partial charge in [-0.15, -0.1) is 0 Å². The summed E-state index contributed by atoms with van der Waals surface area (Å²) < 4.78 is 22.0. The van der Waals surface area contributed by atoms with Crippen LogP contribution in [0.3, 0.4) is 0 Å². The van der Waals surface area contributed by atoms with E-state index in [0.29, 0.717) is 35.4 Å². The number of anilines is 3. The van der Waals surface area contributed by atoms with Crippen LogP contribution >= 0.6 is 0 Å². The molecule has 0 radical (unpaired) electrons. The van der Waals surface area contributed by atoms with Crippen molar-refractivity contribution >= 4 is 28.9 Å². The largest absolute Gasteiger partial charge is 0.508 e. The van der Waals surface area contributed by atoms with Crippen LogP contribution in [0.5, 0.6) is 5.75 Å². The molecule has 4 heterocycles. The number of phenolic OH excluding ortho intramolecular Hbond substituents is 1. The number of hydrogen-bond acceptors (Lipinski definition) is 8. The van der Waals surface area contributed by atoms with E-state index in [1.54, 1.807) is 6.07 Å². The number of halogens is 1. The average molecular weight is 772 g/mol. The Balaban J connectivity index is 0.747. The smallest absolute Gasteiger partial charge is 0.249 e. The van der Waals surface area contributed by atoms with Gasteiger partial charge in [0.05, 0.1) is 17.9 Å². The Labute approximate surface area is 335 Å². The topological polar surface area (TPSA) is 97.4 Å². The number of phenols is 1. The van der Waals surface area contributed by atoms with Crippen LogP contribution in [0.2, 0.25) is 0 Å². The summed E-state index contributed by atoms with van der Waals surface area (Å²) in [5.74, 6) is 0.567. The normalized spacial score (nSPS) is 25.2. The van der Waals surface area contributed by atoms with Crippen LogP contribution in [0.25, 0.3) is 0 Å². The Morgan fingerprint density at radius 1 is 0.789 bits per heavy atom. The molecule has 4 aliphatic heterocycles. The Kier molecular flexibility index (Phi) is 10.7. The number of ether oxygens (including phenoxy) is 1. The molecule has 4 aromatic rings. The van der Waals surface area contributed by atoms with Crippen molar-refractivity contribution < 1.29 is 23.8 Å². The molecule has 5 aliphatic rings. The number of piperazine rings is 1. The summed E-state index contributed by atoms with van der Waals surface area (Å²) >= 11 is 0. The minimum absolute atomic E-state index is 0.0251. The molecule has 0 saturated carbocycles. The number of aromatic hydroxyl groups is 1. The number of rotatable bonds is 8. The summed E-state index contributed by atoms with van der Waals surface area (Å²) in [4.78, 5) is 30.7. The van der Waals surface area contributed by atoms with Gasteiger partial charge < -0.3 is 25.0 Å². The zero-order chi connectivity index (χ0) is 38.9. The van der Waals surface area contributed by atoms with E-state index >= 15 is 4.39 Å². The predicted octanol–water partition coefficient (Wildman–Crippen LogP) is 7.20. The predicted molar refractivity (Wildman–Crippen MR) is 222 cm³/mol. The molecule has 0 bridgehead atoms. The number of piperidine rings is 2. The zero-order valence-electron chi connectivity index (χ0n) is 32.7. The van der Waals surface area contributed by atoms with Gasteiger partial charge in [-0.05, 0) is 121 Å². The van der Waals surface area contributed by atoms with E-state index in [4.69, 9.17) is 4.74 Å². The lowest BCUT2D eigenvalue weighted by Crippen LogP contribution is -2.52. The summed E-state index contributed by atoms with van der Waals surface area (Å²) in [5.41, 5.74) is 7.68. The highest BCUT2D eigenvalue weighted by Crippen LogP contribution is 2.47. The number of carbonyl (C=O) groups excluding carboxylic acids is 2. The SMILES string of the molecule is O=C1CCC(Nc2ccc(N3CCN(CC4CCC5(CCN(c6ccc([C@@H]7c8ccc(O)cc8CC[C@@H]7c7ccccc7)cc6)CC5)OC4)CC3)c(F)c2)C(=O)N1. The van der Waals surface area contributed by atoms with Gasteiger partial charge in [-0.3, -0.25) is 19.8 Å². The summed E-state index contributed by atoms with van der Waals surface area (Å²) in [6.45, 7) is 7.09. The van der Waals surface area contributed by atoms with Crippen LogP contribution in [0.15, 0.2) is 91.0 Å². The van der Waals surface area contributed by atoms with E-state index in [2.05, 4.69) is 86.0 Å². The van der Waals surface area contributed by atoms with E-state index in [1.165, 1.54) is 40.4 Å². The lowest BCUT2D eigenvalue weighted by Gasteiger charge is -2.47. The number of imide groups is 1. The summed E-state index contributed by atoms with van der Waals surface area (Å²) in [6, 6.07) is 30.6. The maximum absolute atomic E-state index is 15.2. The molecule has 4 saturated heterocycles.